The molecule has 15 heavy (non-hydrogen) atoms. The molecule has 1 fully saturated rings. The second-order valence-corrected chi connectivity index (χ2v) is 4.64. The van der Waals surface area contributed by atoms with E-state index < -0.39 is 0 Å². The fourth-order valence-corrected chi connectivity index (χ4v) is 2.05. The highest BCUT2D eigenvalue weighted by atomic mass is 35.5. The van der Waals surface area contributed by atoms with E-state index in [-0.39, 0.29) is 0 Å². The lowest BCUT2D eigenvalue weighted by atomic mass is 9.89. The Hall–Kier alpha value is -0.440. The summed E-state index contributed by atoms with van der Waals surface area (Å²) in [6.45, 7) is 0. The average Bonchev–Trinajstić information content (AvgIpc) is 2.16. The maximum absolute atomic E-state index is 6.04. The number of rotatable bonds is 3. The highest BCUT2D eigenvalue weighted by Gasteiger charge is 2.29. The van der Waals surface area contributed by atoms with Gasteiger partial charge in [-0.2, -0.15) is 0 Å². The minimum Gasteiger partial charge on any atom is -0.381 e. The van der Waals surface area contributed by atoms with Crippen LogP contribution in [0.5, 0.6) is 0 Å². The molecule has 0 aromatic heterocycles. The summed E-state index contributed by atoms with van der Waals surface area (Å²) in [6.07, 6.45) is 2.44. The molecule has 1 aliphatic rings. The predicted octanol–water partition coefficient (Wildman–Crippen LogP) is 3.58. The van der Waals surface area contributed by atoms with Crippen LogP contribution in [0.25, 0.3) is 0 Å². The van der Waals surface area contributed by atoms with Crippen LogP contribution in [0.2, 0.25) is 10.0 Å². The molecule has 0 saturated heterocycles. The second kappa shape index (κ2) is 4.60. The van der Waals surface area contributed by atoms with Crippen molar-refractivity contribution in [2.75, 3.05) is 12.4 Å². The Kier molecular flexibility index (Phi) is 3.39. The highest BCUT2D eigenvalue weighted by molar-refractivity contribution is 6.35. The summed E-state index contributed by atoms with van der Waals surface area (Å²) in [7, 11) is 1.74. The number of methoxy groups -OCH3 is 1. The highest BCUT2D eigenvalue weighted by Crippen LogP contribution is 2.31. The second-order valence-electron chi connectivity index (χ2n) is 3.79. The summed E-state index contributed by atoms with van der Waals surface area (Å²) >= 11 is 11.9. The Morgan fingerprint density at radius 1 is 1.33 bits per heavy atom. The summed E-state index contributed by atoms with van der Waals surface area (Å²) in [5.41, 5.74) is 0.906. The van der Waals surface area contributed by atoms with E-state index in [0.29, 0.717) is 22.2 Å². The van der Waals surface area contributed by atoms with E-state index in [1.54, 1.807) is 19.2 Å². The fraction of sp³-hybridized carbons (Fsp3) is 0.455. The van der Waals surface area contributed by atoms with Gasteiger partial charge in [0.2, 0.25) is 0 Å². The van der Waals surface area contributed by atoms with E-state index >= 15 is 0 Å². The average molecular weight is 246 g/mol. The third-order valence-electron chi connectivity index (χ3n) is 2.72. The normalized spacial score (nSPS) is 24.7. The number of ether oxygens (including phenoxy) is 1. The summed E-state index contributed by atoms with van der Waals surface area (Å²) in [5.74, 6) is 0. The van der Waals surface area contributed by atoms with Crippen molar-refractivity contribution in [2.45, 2.75) is 25.0 Å². The molecule has 0 heterocycles. The van der Waals surface area contributed by atoms with E-state index in [1.807, 2.05) is 6.07 Å². The molecule has 0 atom stereocenters. The molecule has 1 aromatic rings. The summed E-state index contributed by atoms with van der Waals surface area (Å²) in [5, 5.41) is 4.76. The van der Waals surface area contributed by atoms with Crippen LogP contribution in [0.4, 0.5) is 5.69 Å². The van der Waals surface area contributed by atoms with Crippen LogP contribution in [0.1, 0.15) is 12.8 Å². The molecule has 4 heteroatoms. The molecule has 1 saturated carbocycles. The van der Waals surface area contributed by atoms with E-state index in [1.165, 1.54) is 0 Å². The van der Waals surface area contributed by atoms with Gasteiger partial charge in [-0.3, -0.25) is 0 Å². The summed E-state index contributed by atoms with van der Waals surface area (Å²) in [6, 6.07) is 5.89. The molecule has 1 aromatic carbocycles. The van der Waals surface area contributed by atoms with Crippen LogP contribution in [-0.4, -0.2) is 19.3 Å². The minimum atomic E-state index is 0.389. The van der Waals surface area contributed by atoms with Gasteiger partial charge in [0.1, 0.15) is 0 Å². The number of nitrogens with one attached hydrogen (secondary N) is 1. The summed E-state index contributed by atoms with van der Waals surface area (Å²) in [4.78, 5) is 0. The molecule has 2 nitrogen and oxygen atoms in total. The molecule has 0 spiro atoms. The SMILES string of the molecule is COC1CC(Nc2cc(Cl)ccc2Cl)C1. The van der Waals surface area contributed by atoms with Gasteiger partial charge < -0.3 is 10.1 Å². The molecular weight excluding hydrogens is 233 g/mol. The molecule has 0 amide bonds. The van der Waals surface area contributed by atoms with Gasteiger partial charge in [-0.1, -0.05) is 23.2 Å². The van der Waals surface area contributed by atoms with Gasteiger partial charge in [-0.25, -0.2) is 0 Å². The lowest BCUT2D eigenvalue weighted by molar-refractivity contribution is 0.0329. The molecule has 0 bridgehead atoms. The number of hydrogen-bond donors (Lipinski definition) is 1. The van der Waals surface area contributed by atoms with Gasteiger partial charge in [0.25, 0.3) is 0 Å². The largest absolute Gasteiger partial charge is 0.381 e. The molecular formula is C11H13Cl2NO. The van der Waals surface area contributed by atoms with Crippen LogP contribution < -0.4 is 5.32 Å². The Morgan fingerprint density at radius 2 is 2.07 bits per heavy atom. The van der Waals surface area contributed by atoms with Gasteiger partial charge in [-0.05, 0) is 31.0 Å². The van der Waals surface area contributed by atoms with Crippen molar-refractivity contribution in [3.63, 3.8) is 0 Å². The topological polar surface area (TPSA) is 21.3 Å². The first-order chi connectivity index (χ1) is 7.19. The van der Waals surface area contributed by atoms with Gasteiger partial charge in [0.15, 0.2) is 0 Å². The number of anilines is 1. The zero-order valence-corrected chi connectivity index (χ0v) is 9.98. The molecule has 0 radical (unpaired) electrons. The first-order valence-electron chi connectivity index (χ1n) is 4.93. The molecule has 0 aliphatic heterocycles. The van der Waals surface area contributed by atoms with E-state index in [9.17, 15) is 0 Å². The Bertz CT molecular complexity index is 350. The van der Waals surface area contributed by atoms with Gasteiger partial charge in [0, 0.05) is 18.2 Å². The van der Waals surface area contributed by atoms with Gasteiger partial charge in [-0.15, -0.1) is 0 Å². The van der Waals surface area contributed by atoms with Crippen LogP contribution in [0.15, 0.2) is 18.2 Å². The van der Waals surface area contributed by atoms with Gasteiger partial charge >= 0.3 is 0 Å². The monoisotopic (exact) mass is 245 g/mol. The fourth-order valence-electron chi connectivity index (χ4n) is 1.70. The van der Waals surface area contributed by atoms with Crippen molar-refractivity contribution < 1.29 is 4.74 Å². The zero-order chi connectivity index (χ0) is 10.8. The quantitative estimate of drug-likeness (QED) is 0.880. The minimum absolute atomic E-state index is 0.389. The summed E-state index contributed by atoms with van der Waals surface area (Å²) < 4.78 is 5.21. The van der Waals surface area contributed by atoms with Crippen LogP contribution in [0, 0.1) is 0 Å². The molecule has 1 N–H and O–H groups in total. The van der Waals surface area contributed by atoms with Crippen molar-refractivity contribution in [1.82, 2.24) is 0 Å². The Labute approximate surface area is 99.5 Å². The van der Waals surface area contributed by atoms with E-state index in [4.69, 9.17) is 27.9 Å². The van der Waals surface area contributed by atoms with Crippen molar-refractivity contribution >= 4 is 28.9 Å². The number of benzene rings is 1. The van der Waals surface area contributed by atoms with Gasteiger partial charge in [0.05, 0.1) is 16.8 Å². The van der Waals surface area contributed by atoms with Crippen molar-refractivity contribution in [3.8, 4) is 0 Å². The third-order valence-corrected chi connectivity index (χ3v) is 3.28. The zero-order valence-electron chi connectivity index (χ0n) is 8.47. The lowest BCUT2D eigenvalue weighted by Crippen LogP contribution is -2.40. The van der Waals surface area contributed by atoms with Crippen molar-refractivity contribution in [3.05, 3.63) is 28.2 Å². The maximum atomic E-state index is 6.04. The van der Waals surface area contributed by atoms with Crippen molar-refractivity contribution in [2.24, 2.45) is 0 Å². The first-order valence-corrected chi connectivity index (χ1v) is 5.69. The predicted molar refractivity (Wildman–Crippen MR) is 63.9 cm³/mol. The molecule has 2 rings (SSSR count). The van der Waals surface area contributed by atoms with Crippen LogP contribution in [-0.2, 0) is 4.74 Å². The molecule has 1 aliphatic carbocycles. The van der Waals surface area contributed by atoms with E-state index in [2.05, 4.69) is 5.32 Å². The lowest BCUT2D eigenvalue weighted by Gasteiger charge is -2.35. The Morgan fingerprint density at radius 3 is 2.73 bits per heavy atom. The standard InChI is InChI=1S/C11H13Cl2NO/c1-15-9-5-8(6-9)14-11-4-7(12)2-3-10(11)13/h2-4,8-9,14H,5-6H2,1H3. The van der Waals surface area contributed by atoms with E-state index in [0.717, 1.165) is 18.5 Å². The number of halogens is 2. The maximum Gasteiger partial charge on any atom is 0.0638 e. The third kappa shape index (κ3) is 2.57. The molecule has 82 valence electrons. The van der Waals surface area contributed by atoms with Crippen molar-refractivity contribution in [1.29, 1.82) is 0 Å². The van der Waals surface area contributed by atoms with Crippen LogP contribution in [0.3, 0.4) is 0 Å². The molecule has 0 unspecified atom stereocenters. The smallest absolute Gasteiger partial charge is 0.0638 e. The Balaban J connectivity index is 1.97. The first kappa shape index (κ1) is 11.1. The number of hydrogen-bond acceptors (Lipinski definition) is 2. The van der Waals surface area contributed by atoms with Crippen LogP contribution >= 0.6 is 23.2 Å².